The van der Waals surface area contributed by atoms with E-state index < -0.39 is 24.0 Å². The van der Waals surface area contributed by atoms with Crippen molar-refractivity contribution >= 4 is 66.6 Å². The summed E-state index contributed by atoms with van der Waals surface area (Å²) in [4.78, 5) is 32.2. The number of nitrogens with one attached hydrogen (secondary N) is 1. The Labute approximate surface area is 445 Å². The summed E-state index contributed by atoms with van der Waals surface area (Å²) in [6.45, 7) is 8.43. The first kappa shape index (κ1) is 52.1. The Balaban J connectivity index is 0.723. The van der Waals surface area contributed by atoms with E-state index in [0.29, 0.717) is 41.5 Å². The highest BCUT2D eigenvalue weighted by atomic mass is 16.6. The zero-order chi connectivity index (χ0) is 53.4. The number of carbonyl (C=O) groups is 2. The Kier molecular flexibility index (Phi) is 16.0. The molecule has 4 unspecified atom stereocenters. The van der Waals surface area contributed by atoms with Crippen molar-refractivity contribution in [1.29, 1.82) is 0 Å². The molecule has 4 N–H and O–H groups in total. The van der Waals surface area contributed by atoms with Gasteiger partial charge < -0.3 is 48.8 Å². The summed E-state index contributed by atoms with van der Waals surface area (Å²) in [5, 5.41) is 42.1. The minimum absolute atomic E-state index is 0.0846. The van der Waals surface area contributed by atoms with Crippen molar-refractivity contribution in [3.05, 3.63) is 214 Å². The van der Waals surface area contributed by atoms with Gasteiger partial charge in [0.2, 0.25) is 0 Å². The molecule has 2 heterocycles. The molecule has 0 saturated carbocycles. The number of ketones is 2. The van der Waals surface area contributed by atoms with Crippen molar-refractivity contribution < 1.29 is 48.8 Å². The van der Waals surface area contributed by atoms with Crippen LogP contribution in [0.5, 0.6) is 0 Å². The fraction of sp³-hybridized carbons (Fsp3) is 0.238. The van der Waals surface area contributed by atoms with Crippen LogP contribution in [-0.4, -0.2) is 107 Å². The highest BCUT2D eigenvalue weighted by Gasteiger charge is 2.36. The number of fused-ring (bicyclic) bond motifs is 6. The van der Waals surface area contributed by atoms with Crippen LogP contribution in [0.4, 0.5) is 0 Å². The molecule has 0 spiro atoms. The molecular formula is C63H60N4O10. The van der Waals surface area contributed by atoms with E-state index in [-0.39, 0.29) is 57.0 Å². The summed E-state index contributed by atoms with van der Waals surface area (Å²) in [7, 11) is 0. The molecule has 2 aliphatic carbocycles. The highest BCUT2D eigenvalue weighted by Crippen LogP contribution is 2.35. The van der Waals surface area contributed by atoms with Gasteiger partial charge >= 0.3 is 0 Å². The average molecular weight is 1030 g/mol. The number of hydrogen-bond donors (Lipinski definition) is 4. The first-order chi connectivity index (χ1) is 37.7. The van der Waals surface area contributed by atoms with Gasteiger partial charge in [-0.2, -0.15) is 0 Å². The predicted octanol–water partition coefficient (Wildman–Crippen LogP) is 11.8. The lowest BCUT2D eigenvalue weighted by molar-refractivity contribution is -0.0284. The van der Waals surface area contributed by atoms with Crippen LogP contribution in [0, 0.1) is 18.8 Å². The third-order valence-corrected chi connectivity index (χ3v) is 14.3. The second kappa shape index (κ2) is 23.6. The van der Waals surface area contributed by atoms with E-state index in [0.717, 1.165) is 71.4 Å². The third-order valence-electron chi connectivity index (χ3n) is 14.3. The minimum atomic E-state index is -0.958. The molecule has 14 nitrogen and oxygen atoms in total. The number of hydrogen-bond acceptors (Lipinski definition) is 12. The van der Waals surface area contributed by atoms with Crippen molar-refractivity contribution in [2.24, 2.45) is 22.1 Å². The van der Waals surface area contributed by atoms with E-state index in [1.165, 1.54) is 6.08 Å². The number of nitrogens with zero attached hydrogens (tertiary/aromatic N) is 3. The zero-order valence-corrected chi connectivity index (χ0v) is 43.1. The lowest BCUT2D eigenvalue weighted by Crippen LogP contribution is -2.34. The van der Waals surface area contributed by atoms with E-state index in [4.69, 9.17) is 23.7 Å². The van der Waals surface area contributed by atoms with Crippen LogP contribution in [0.3, 0.4) is 0 Å². The number of Topliss-reactive ketones (excluding diaryl/α,β-unsaturated/α-hetero) is 2. The van der Waals surface area contributed by atoms with Crippen LogP contribution in [0.2, 0.25) is 0 Å². The fourth-order valence-corrected chi connectivity index (χ4v) is 10.5. The standard InChI is InChI=1S/C63H60N4O10/c1-4-67-52-27-23-41(60(65-71)40-14-7-6-8-15-40)36-48(52)49-38-44(24-28-53(49)67)62(69)58-54(68)17-11-18-55(58)76-33-31-73-29-30-74-32-34-77-57-20-12-19-56(75-5-2)59(57)63(70)43-22-26-51-47(37-43)46-35-42(21-25-50(46)64-51)61(66-72)45-16-10-9-13-39(45)3/h6-28,35-38,55,57-59,64,68,71-72H,4-5,29-34H2,1-3H3/b65-60+,66-61-. The number of ether oxygens (including phenoxy) is 5. The maximum Gasteiger partial charge on any atom is 0.176 e. The number of carbonyl (C=O) groups excluding carboxylic acids is 2. The van der Waals surface area contributed by atoms with Gasteiger partial charge in [-0.25, -0.2) is 0 Å². The summed E-state index contributed by atoms with van der Waals surface area (Å²) in [5.74, 6) is -1.67. The number of aromatic amines is 1. The summed E-state index contributed by atoms with van der Waals surface area (Å²) < 4.78 is 32.3. The maximum atomic E-state index is 14.5. The Morgan fingerprint density at radius 1 is 0.571 bits per heavy atom. The average Bonchev–Trinajstić information content (AvgIpc) is 4.11. The largest absolute Gasteiger partial charge is 0.511 e. The summed E-state index contributed by atoms with van der Waals surface area (Å²) in [5.41, 5.74) is 9.57. The van der Waals surface area contributed by atoms with Crippen LogP contribution in [0.15, 0.2) is 186 Å². The number of H-pyrrole nitrogens is 1. The number of aliphatic hydroxyl groups is 1. The lowest BCUT2D eigenvalue weighted by Gasteiger charge is -2.28. The molecule has 77 heavy (non-hydrogen) atoms. The molecule has 0 saturated heterocycles. The second-order valence-corrected chi connectivity index (χ2v) is 18.9. The molecule has 0 aliphatic heterocycles. The second-order valence-electron chi connectivity index (χ2n) is 18.9. The number of rotatable bonds is 22. The van der Waals surface area contributed by atoms with Gasteiger partial charge in [0.1, 0.15) is 34.8 Å². The molecule has 2 aliphatic rings. The van der Waals surface area contributed by atoms with Gasteiger partial charge in [-0.1, -0.05) is 101 Å². The first-order valence-electron chi connectivity index (χ1n) is 25.9. The first-order valence-corrected chi connectivity index (χ1v) is 25.9. The summed E-state index contributed by atoms with van der Waals surface area (Å²) in [6, 6.07) is 40.2. The molecule has 8 aromatic rings. The number of oxime groups is 2. The van der Waals surface area contributed by atoms with E-state index in [2.05, 4.69) is 26.8 Å². The zero-order valence-electron chi connectivity index (χ0n) is 43.1. The lowest BCUT2D eigenvalue weighted by atomic mass is 9.87. The Bertz CT molecular complexity index is 3680. The van der Waals surface area contributed by atoms with Gasteiger partial charge in [-0.05, 0) is 99.2 Å². The molecule has 392 valence electrons. The van der Waals surface area contributed by atoms with Gasteiger partial charge in [0, 0.05) is 83.5 Å². The smallest absolute Gasteiger partial charge is 0.176 e. The molecule has 0 fully saturated rings. The quantitative estimate of drug-likeness (QED) is 0.0167. The van der Waals surface area contributed by atoms with E-state index in [1.54, 1.807) is 18.2 Å². The molecule has 0 bridgehead atoms. The fourth-order valence-electron chi connectivity index (χ4n) is 10.5. The SMILES string of the molecule is CCOC1=CC=CC(OCCOCCOCCOC2C=CC=C(O)C2C(=O)c2ccc3c(c2)c2cc(/C(=N/O)c4ccccc4)ccc2n3CC)C1C(=O)c1ccc2[nH]c3ccc(/C(=N/O)c4ccccc4C)cc3c2c1. The Hall–Kier alpha value is -8.40. The van der Waals surface area contributed by atoms with Crippen LogP contribution >= 0.6 is 0 Å². The van der Waals surface area contributed by atoms with Crippen molar-refractivity contribution in [3.63, 3.8) is 0 Å². The number of benzene rings is 6. The van der Waals surface area contributed by atoms with Crippen LogP contribution in [-0.2, 0) is 30.2 Å². The number of allylic oxidation sites excluding steroid dienone is 4. The van der Waals surface area contributed by atoms with E-state index >= 15 is 0 Å². The van der Waals surface area contributed by atoms with Gasteiger partial charge in [0.05, 0.1) is 58.5 Å². The summed E-state index contributed by atoms with van der Waals surface area (Å²) in [6.07, 6.45) is 9.15. The topological polar surface area (TPSA) is 186 Å². The van der Waals surface area contributed by atoms with Gasteiger partial charge in [0.25, 0.3) is 0 Å². The van der Waals surface area contributed by atoms with Crippen LogP contribution < -0.4 is 0 Å². The molecule has 0 radical (unpaired) electrons. The molecule has 10 rings (SSSR count). The Morgan fingerprint density at radius 3 is 1.73 bits per heavy atom. The number of aliphatic hydroxyl groups excluding tert-OH is 1. The van der Waals surface area contributed by atoms with Crippen LogP contribution in [0.1, 0.15) is 62.4 Å². The minimum Gasteiger partial charge on any atom is -0.511 e. The van der Waals surface area contributed by atoms with Crippen molar-refractivity contribution in [2.75, 3.05) is 46.2 Å². The van der Waals surface area contributed by atoms with Crippen molar-refractivity contribution in [2.45, 2.75) is 39.5 Å². The van der Waals surface area contributed by atoms with Crippen molar-refractivity contribution in [3.8, 4) is 0 Å². The van der Waals surface area contributed by atoms with Gasteiger partial charge in [-0.3, -0.25) is 9.59 Å². The van der Waals surface area contributed by atoms with Gasteiger partial charge in [0.15, 0.2) is 11.6 Å². The van der Waals surface area contributed by atoms with Crippen LogP contribution in [0.25, 0.3) is 43.6 Å². The monoisotopic (exact) mass is 1030 g/mol. The molecule has 4 atom stereocenters. The third kappa shape index (κ3) is 10.7. The highest BCUT2D eigenvalue weighted by molar-refractivity contribution is 6.19. The molecule has 0 amide bonds. The number of aryl methyl sites for hydroxylation is 2. The van der Waals surface area contributed by atoms with E-state index in [9.17, 15) is 25.1 Å². The number of aromatic nitrogens is 2. The predicted molar refractivity (Wildman–Crippen MR) is 299 cm³/mol. The van der Waals surface area contributed by atoms with Crippen molar-refractivity contribution in [1.82, 2.24) is 9.55 Å². The maximum absolute atomic E-state index is 14.5. The van der Waals surface area contributed by atoms with Gasteiger partial charge in [-0.15, -0.1) is 0 Å². The molecule has 2 aromatic heterocycles. The molecule has 6 aromatic carbocycles. The Morgan fingerprint density at radius 2 is 1.09 bits per heavy atom. The molecular weight excluding hydrogens is 973 g/mol. The normalized spacial score (nSPS) is 17.9. The summed E-state index contributed by atoms with van der Waals surface area (Å²) >= 11 is 0. The molecule has 14 heteroatoms. The van der Waals surface area contributed by atoms with E-state index in [1.807, 2.05) is 153 Å².